The molecule has 0 heterocycles. The molecule has 0 saturated carbocycles. The highest BCUT2D eigenvalue weighted by molar-refractivity contribution is 5.83. The average molecular weight is 358 g/mol. The molecule has 7 nitrogen and oxygen atoms in total. The summed E-state index contributed by atoms with van der Waals surface area (Å²) >= 11 is 0. The maximum Gasteiger partial charge on any atom is 0.276 e. The standard InChI is InChI=1S/C19H22N2O5/c1-13-4-9-16(17(10-13)25-3)26-12-19(23)21-20-18(22)11-14-5-7-15(24-2)8-6-14/h4-10H,11-12H2,1-3H3,(H,20,22)(H,21,23). The smallest absolute Gasteiger partial charge is 0.276 e. The molecule has 0 aliphatic heterocycles. The number of hydrogen-bond acceptors (Lipinski definition) is 5. The Labute approximate surface area is 152 Å². The summed E-state index contributed by atoms with van der Waals surface area (Å²) in [5.41, 5.74) is 6.49. The van der Waals surface area contributed by atoms with E-state index in [2.05, 4.69) is 10.9 Å². The molecule has 2 N–H and O–H groups in total. The lowest BCUT2D eigenvalue weighted by atomic mass is 10.1. The summed E-state index contributed by atoms with van der Waals surface area (Å²) < 4.78 is 15.7. The maximum atomic E-state index is 11.9. The molecule has 0 aromatic heterocycles. The first-order chi connectivity index (χ1) is 12.5. The molecule has 2 aromatic carbocycles. The molecular formula is C19H22N2O5. The van der Waals surface area contributed by atoms with E-state index in [1.54, 1.807) is 37.4 Å². The number of hydrogen-bond donors (Lipinski definition) is 2. The molecule has 2 aromatic rings. The van der Waals surface area contributed by atoms with Gasteiger partial charge < -0.3 is 14.2 Å². The normalized spacial score (nSPS) is 9.96. The zero-order chi connectivity index (χ0) is 18.9. The van der Waals surface area contributed by atoms with Crippen LogP contribution in [0.3, 0.4) is 0 Å². The van der Waals surface area contributed by atoms with Crippen LogP contribution in [0, 0.1) is 6.92 Å². The molecule has 0 fully saturated rings. The van der Waals surface area contributed by atoms with Gasteiger partial charge in [0.25, 0.3) is 5.91 Å². The molecule has 0 spiro atoms. The van der Waals surface area contributed by atoms with Crippen molar-refractivity contribution in [3.05, 3.63) is 53.6 Å². The molecule has 0 saturated heterocycles. The molecule has 7 heteroatoms. The Morgan fingerprint density at radius 2 is 1.58 bits per heavy atom. The molecular weight excluding hydrogens is 336 g/mol. The summed E-state index contributed by atoms with van der Waals surface area (Å²) in [6.07, 6.45) is 0.136. The summed E-state index contributed by atoms with van der Waals surface area (Å²) in [7, 11) is 3.10. The Morgan fingerprint density at radius 1 is 0.885 bits per heavy atom. The third-order valence-electron chi connectivity index (χ3n) is 3.54. The van der Waals surface area contributed by atoms with Gasteiger partial charge >= 0.3 is 0 Å². The first-order valence-corrected chi connectivity index (χ1v) is 8.00. The van der Waals surface area contributed by atoms with Crippen LogP contribution < -0.4 is 25.1 Å². The van der Waals surface area contributed by atoms with Gasteiger partial charge in [0.15, 0.2) is 18.1 Å². The second-order valence-electron chi connectivity index (χ2n) is 5.56. The van der Waals surface area contributed by atoms with Crippen molar-refractivity contribution in [1.29, 1.82) is 0 Å². The monoisotopic (exact) mass is 358 g/mol. The number of methoxy groups -OCH3 is 2. The highest BCUT2D eigenvalue weighted by Crippen LogP contribution is 2.27. The van der Waals surface area contributed by atoms with Crippen molar-refractivity contribution < 1.29 is 23.8 Å². The summed E-state index contributed by atoms with van der Waals surface area (Å²) in [5.74, 6) is 0.900. The van der Waals surface area contributed by atoms with E-state index in [-0.39, 0.29) is 18.9 Å². The van der Waals surface area contributed by atoms with Crippen LogP contribution in [-0.4, -0.2) is 32.6 Å². The number of nitrogens with one attached hydrogen (secondary N) is 2. The van der Waals surface area contributed by atoms with E-state index < -0.39 is 5.91 Å². The molecule has 2 rings (SSSR count). The van der Waals surface area contributed by atoms with Crippen molar-refractivity contribution in [3.8, 4) is 17.2 Å². The van der Waals surface area contributed by atoms with Gasteiger partial charge in [-0.15, -0.1) is 0 Å². The average Bonchev–Trinajstić information content (AvgIpc) is 2.65. The molecule has 2 amide bonds. The van der Waals surface area contributed by atoms with Crippen molar-refractivity contribution in [2.75, 3.05) is 20.8 Å². The van der Waals surface area contributed by atoms with Crippen LogP contribution in [-0.2, 0) is 16.0 Å². The number of carbonyl (C=O) groups is 2. The minimum Gasteiger partial charge on any atom is -0.497 e. The van der Waals surface area contributed by atoms with E-state index in [9.17, 15) is 9.59 Å². The fourth-order valence-electron chi connectivity index (χ4n) is 2.19. The number of benzene rings is 2. The van der Waals surface area contributed by atoms with Gasteiger partial charge in [0.2, 0.25) is 5.91 Å². The van der Waals surface area contributed by atoms with Crippen molar-refractivity contribution in [2.45, 2.75) is 13.3 Å². The van der Waals surface area contributed by atoms with E-state index in [4.69, 9.17) is 14.2 Å². The van der Waals surface area contributed by atoms with E-state index >= 15 is 0 Å². The quantitative estimate of drug-likeness (QED) is 0.737. The summed E-state index contributed by atoms with van der Waals surface area (Å²) in [6.45, 7) is 1.68. The summed E-state index contributed by atoms with van der Waals surface area (Å²) in [5, 5.41) is 0. The molecule has 0 unspecified atom stereocenters. The van der Waals surface area contributed by atoms with Crippen LogP contribution in [0.1, 0.15) is 11.1 Å². The molecule has 0 atom stereocenters. The van der Waals surface area contributed by atoms with Crippen LogP contribution >= 0.6 is 0 Å². The summed E-state index contributed by atoms with van der Waals surface area (Å²) in [4.78, 5) is 23.7. The maximum absolute atomic E-state index is 11.9. The van der Waals surface area contributed by atoms with E-state index in [1.165, 1.54) is 7.11 Å². The van der Waals surface area contributed by atoms with Gasteiger partial charge in [-0.25, -0.2) is 0 Å². The van der Waals surface area contributed by atoms with Gasteiger partial charge in [-0.2, -0.15) is 0 Å². The van der Waals surface area contributed by atoms with E-state index in [1.807, 2.05) is 19.1 Å². The molecule has 0 bridgehead atoms. The van der Waals surface area contributed by atoms with Gasteiger partial charge in [-0.1, -0.05) is 18.2 Å². The largest absolute Gasteiger partial charge is 0.497 e. The van der Waals surface area contributed by atoms with Crippen LogP contribution in [0.4, 0.5) is 0 Å². The van der Waals surface area contributed by atoms with Crippen LogP contribution in [0.25, 0.3) is 0 Å². The highest BCUT2D eigenvalue weighted by atomic mass is 16.5. The second-order valence-corrected chi connectivity index (χ2v) is 5.56. The first-order valence-electron chi connectivity index (χ1n) is 8.00. The third kappa shape index (κ3) is 5.70. The number of amides is 2. The van der Waals surface area contributed by atoms with Gasteiger partial charge in [-0.3, -0.25) is 20.4 Å². The zero-order valence-electron chi connectivity index (χ0n) is 15.0. The minimum atomic E-state index is -0.476. The lowest BCUT2D eigenvalue weighted by Crippen LogP contribution is -2.44. The number of hydrazine groups is 1. The number of rotatable bonds is 7. The SMILES string of the molecule is COc1ccc(CC(=O)NNC(=O)COc2ccc(C)cc2OC)cc1. The molecule has 0 aliphatic carbocycles. The molecule has 138 valence electrons. The minimum absolute atomic E-state index is 0.136. The summed E-state index contributed by atoms with van der Waals surface area (Å²) in [6, 6.07) is 12.5. The Kier molecular flexibility index (Phi) is 6.84. The van der Waals surface area contributed by atoms with Gasteiger partial charge in [0, 0.05) is 0 Å². The Hall–Kier alpha value is -3.22. The number of ether oxygens (including phenoxy) is 3. The molecule has 0 aliphatic rings. The number of carbonyl (C=O) groups excluding carboxylic acids is 2. The lowest BCUT2D eigenvalue weighted by Gasteiger charge is -2.12. The Bertz CT molecular complexity index is 759. The molecule has 26 heavy (non-hydrogen) atoms. The van der Waals surface area contributed by atoms with Crippen molar-refractivity contribution in [2.24, 2.45) is 0 Å². The highest BCUT2D eigenvalue weighted by Gasteiger charge is 2.09. The Morgan fingerprint density at radius 3 is 2.23 bits per heavy atom. The third-order valence-corrected chi connectivity index (χ3v) is 3.54. The topological polar surface area (TPSA) is 85.9 Å². The van der Waals surface area contributed by atoms with E-state index in [0.717, 1.165) is 11.1 Å². The predicted molar refractivity (Wildman–Crippen MR) is 96.2 cm³/mol. The van der Waals surface area contributed by atoms with Crippen LogP contribution in [0.15, 0.2) is 42.5 Å². The van der Waals surface area contributed by atoms with Crippen molar-refractivity contribution in [3.63, 3.8) is 0 Å². The first kappa shape index (κ1) is 19.1. The predicted octanol–water partition coefficient (Wildman–Crippen LogP) is 1.78. The fourth-order valence-corrected chi connectivity index (χ4v) is 2.19. The second kappa shape index (κ2) is 9.31. The van der Waals surface area contributed by atoms with E-state index in [0.29, 0.717) is 17.2 Å². The Balaban J connectivity index is 1.76. The van der Waals surface area contributed by atoms with Crippen LogP contribution in [0.5, 0.6) is 17.2 Å². The number of aryl methyl sites for hydroxylation is 1. The van der Waals surface area contributed by atoms with Gasteiger partial charge in [-0.05, 0) is 42.3 Å². The van der Waals surface area contributed by atoms with Crippen molar-refractivity contribution >= 4 is 11.8 Å². The van der Waals surface area contributed by atoms with Crippen LogP contribution in [0.2, 0.25) is 0 Å². The van der Waals surface area contributed by atoms with Gasteiger partial charge in [0.05, 0.1) is 20.6 Å². The molecule has 0 radical (unpaired) electrons. The lowest BCUT2D eigenvalue weighted by molar-refractivity contribution is -0.129. The fraction of sp³-hybridized carbons (Fsp3) is 0.263. The van der Waals surface area contributed by atoms with Gasteiger partial charge in [0.1, 0.15) is 5.75 Å². The zero-order valence-corrected chi connectivity index (χ0v) is 15.0. The van der Waals surface area contributed by atoms with Crippen molar-refractivity contribution in [1.82, 2.24) is 10.9 Å².